The summed E-state index contributed by atoms with van der Waals surface area (Å²) >= 11 is 0. The molecule has 0 aliphatic carbocycles. The summed E-state index contributed by atoms with van der Waals surface area (Å²) in [5.41, 5.74) is 1.16. The van der Waals surface area contributed by atoms with Gasteiger partial charge in [0.05, 0.1) is 0 Å². The normalized spacial score (nSPS) is 9.53. The van der Waals surface area contributed by atoms with E-state index in [-0.39, 0.29) is 0 Å². The van der Waals surface area contributed by atoms with E-state index in [2.05, 4.69) is 50.0 Å². The van der Waals surface area contributed by atoms with E-state index >= 15 is 0 Å². The quantitative estimate of drug-likeness (QED) is 0.673. The average molecular weight is 201 g/mol. The second-order valence-electron chi connectivity index (χ2n) is 3.58. The van der Waals surface area contributed by atoms with E-state index in [1.807, 2.05) is 12.3 Å². The molecule has 15 heavy (non-hydrogen) atoms. The molecule has 0 spiro atoms. The SMILES string of the molecule is CCC.CCc1cc2ccccc2cn1. The first-order valence-electron chi connectivity index (χ1n) is 5.65. The lowest BCUT2D eigenvalue weighted by Gasteiger charge is -1.98. The summed E-state index contributed by atoms with van der Waals surface area (Å²) in [6, 6.07) is 10.4. The average Bonchev–Trinajstić information content (AvgIpc) is 2.29. The van der Waals surface area contributed by atoms with Gasteiger partial charge >= 0.3 is 0 Å². The first-order chi connectivity index (χ1) is 7.31. The highest BCUT2D eigenvalue weighted by Gasteiger charge is 1.93. The number of aryl methyl sites for hydroxylation is 1. The second kappa shape index (κ2) is 6.18. The smallest absolute Gasteiger partial charge is 0.0407 e. The maximum Gasteiger partial charge on any atom is 0.0407 e. The van der Waals surface area contributed by atoms with Crippen molar-refractivity contribution in [2.24, 2.45) is 0 Å². The third kappa shape index (κ3) is 3.35. The number of hydrogen-bond acceptors (Lipinski definition) is 1. The van der Waals surface area contributed by atoms with Crippen molar-refractivity contribution in [1.82, 2.24) is 4.98 Å². The van der Waals surface area contributed by atoms with Crippen LogP contribution in [0.2, 0.25) is 0 Å². The molecule has 2 rings (SSSR count). The van der Waals surface area contributed by atoms with E-state index in [1.54, 1.807) is 0 Å². The predicted octanol–water partition coefficient (Wildman–Crippen LogP) is 4.21. The summed E-state index contributed by atoms with van der Waals surface area (Å²) in [7, 11) is 0. The molecule has 2 aromatic rings. The molecule has 1 heterocycles. The molecule has 0 aliphatic heterocycles. The van der Waals surface area contributed by atoms with Crippen LogP contribution in [-0.2, 0) is 6.42 Å². The van der Waals surface area contributed by atoms with Gasteiger partial charge in [0.15, 0.2) is 0 Å². The van der Waals surface area contributed by atoms with Crippen LogP contribution in [0.25, 0.3) is 10.8 Å². The van der Waals surface area contributed by atoms with Crippen molar-refractivity contribution >= 4 is 10.8 Å². The number of rotatable bonds is 1. The lowest BCUT2D eigenvalue weighted by molar-refractivity contribution is 1.05. The molecular formula is C14H19N. The number of benzene rings is 1. The zero-order valence-electron chi connectivity index (χ0n) is 9.83. The first-order valence-corrected chi connectivity index (χ1v) is 5.65. The monoisotopic (exact) mass is 201 g/mol. The molecule has 0 aliphatic rings. The van der Waals surface area contributed by atoms with Crippen LogP contribution in [0, 0.1) is 0 Å². The lowest BCUT2D eigenvalue weighted by atomic mass is 10.1. The summed E-state index contributed by atoms with van der Waals surface area (Å²) in [5, 5.41) is 2.50. The number of fused-ring (bicyclic) bond motifs is 1. The number of pyridine rings is 1. The van der Waals surface area contributed by atoms with Gasteiger partial charge in [-0.3, -0.25) is 4.98 Å². The molecule has 0 fully saturated rings. The van der Waals surface area contributed by atoms with E-state index in [9.17, 15) is 0 Å². The maximum absolute atomic E-state index is 4.33. The van der Waals surface area contributed by atoms with Crippen LogP contribution in [-0.4, -0.2) is 4.98 Å². The molecule has 0 unspecified atom stereocenters. The van der Waals surface area contributed by atoms with Crippen molar-refractivity contribution < 1.29 is 0 Å². The summed E-state index contributed by atoms with van der Waals surface area (Å²) in [5.74, 6) is 0. The van der Waals surface area contributed by atoms with Gasteiger partial charge in [0.1, 0.15) is 0 Å². The van der Waals surface area contributed by atoms with Crippen molar-refractivity contribution in [3.8, 4) is 0 Å². The molecule has 80 valence electrons. The Morgan fingerprint density at radius 2 is 1.60 bits per heavy atom. The third-order valence-electron chi connectivity index (χ3n) is 2.05. The van der Waals surface area contributed by atoms with E-state index < -0.39 is 0 Å². The Morgan fingerprint density at radius 3 is 2.20 bits per heavy atom. The molecule has 0 saturated heterocycles. The number of hydrogen-bond donors (Lipinski definition) is 0. The largest absolute Gasteiger partial charge is 0.261 e. The van der Waals surface area contributed by atoms with Crippen LogP contribution in [0.15, 0.2) is 36.5 Å². The van der Waals surface area contributed by atoms with E-state index in [1.165, 1.54) is 17.2 Å². The highest BCUT2D eigenvalue weighted by molar-refractivity contribution is 5.81. The molecule has 0 radical (unpaired) electrons. The van der Waals surface area contributed by atoms with Crippen molar-refractivity contribution in [2.45, 2.75) is 33.6 Å². The van der Waals surface area contributed by atoms with Crippen LogP contribution in [0.3, 0.4) is 0 Å². The maximum atomic E-state index is 4.33. The standard InChI is InChI=1S/C11H11N.C3H8/c1-2-11-7-9-5-3-4-6-10(9)8-12-11;1-3-2/h3-8H,2H2,1H3;3H2,1-2H3. The van der Waals surface area contributed by atoms with Gasteiger partial charge < -0.3 is 0 Å². The molecule has 0 N–H and O–H groups in total. The zero-order chi connectivity index (χ0) is 11.1. The minimum atomic E-state index is 1.00. The van der Waals surface area contributed by atoms with Gasteiger partial charge in [0.25, 0.3) is 0 Å². The molecule has 1 heteroatoms. The highest BCUT2D eigenvalue weighted by atomic mass is 14.7. The minimum Gasteiger partial charge on any atom is -0.261 e. The van der Waals surface area contributed by atoms with Crippen LogP contribution in [0.4, 0.5) is 0 Å². The first kappa shape index (κ1) is 11.7. The Hall–Kier alpha value is -1.37. The number of nitrogens with zero attached hydrogens (tertiary/aromatic N) is 1. The Balaban J connectivity index is 0.000000337. The Labute approximate surface area is 92.2 Å². The topological polar surface area (TPSA) is 12.9 Å². The van der Waals surface area contributed by atoms with Gasteiger partial charge in [0, 0.05) is 17.3 Å². The van der Waals surface area contributed by atoms with E-state index in [4.69, 9.17) is 0 Å². The van der Waals surface area contributed by atoms with Crippen molar-refractivity contribution in [3.05, 3.63) is 42.2 Å². The molecule has 0 saturated carbocycles. The molecule has 1 aromatic carbocycles. The molecule has 1 nitrogen and oxygen atoms in total. The zero-order valence-corrected chi connectivity index (χ0v) is 9.83. The van der Waals surface area contributed by atoms with Gasteiger partial charge in [0.2, 0.25) is 0 Å². The molecule has 0 atom stereocenters. The fourth-order valence-corrected chi connectivity index (χ4v) is 1.32. The Kier molecular flexibility index (Phi) is 4.82. The fourth-order valence-electron chi connectivity index (χ4n) is 1.32. The van der Waals surface area contributed by atoms with Crippen molar-refractivity contribution in [3.63, 3.8) is 0 Å². The van der Waals surface area contributed by atoms with Gasteiger partial charge in [-0.15, -0.1) is 0 Å². The minimum absolute atomic E-state index is 1.00. The summed E-state index contributed by atoms with van der Waals surface area (Å²) in [6.07, 6.45) is 4.19. The highest BCUT2D eigenvalue weighted by Crippen LogP contribution is 2.13. The predicted molar refractivity (Wildman–Crippen MR) is 67.1 cm³/mol. The van der Waals surface area contributed by atoms with Gasteiger partial charge in [-0.25, -0.2) is 0 Å². The van der Waals surface area contributed by atoms with Crippen molar-refractivity contribution in [2.75, 3.05) is 0 Å². The number of aromatic nitrogens is 1. The Bertz CT molecular complexity index is 407. The van der Waals surface area contributed by atoms with E-state index in [0.29, 0.717) is 0 Å². The fraction of sp³-hybridized carbons (Fsp3) is 0.357. The molecule has 0 bridgehead atoms. The third-order valence-corrected chi connectivity index (χ3v) is 2.05. The van der Waals surface area contributed by atoms with Crippen molar-refractivity contribution in [1.29, 1.82) is 0 Å². The van der Waals surface area contributed by atoms with Gasteiger partial charge in [-0.05, 0) is 17.9 Å². The van der Waals surface area contributed by atoms with Crippen LogP contribution >= 0.6 is 0 Å². The van der Waals surface area contributed by atoms with Crippen LogP contribution < -0.4 is 0 Å². The van der Waals surface area contributed by atoms with Gasteiger partial charge in [-0.2, -0.15) is 0 Å². The summed E-state index contributed by atoms with van der Waals surface area (Å²) < 4.78 is 0. The van der Waals surface area contributed by atoms with E-state index in [0.717, 1.165) is 12.1 Å². The van der Waals surface area contributed by atoms with Gasteiger partial charge in [-0.1, -0.05) is 51.5 Å². The second-order valence-corrected chi connectivity index (χ2v) is 3.58. The van der Waals surface area contributed by atoms with Crippen LogP contribution in [0.5, 0.6) is 0 Å². The molecular weight excluding hydrogens is 182 g/mol. The van der Waals surface area contributed by atoms with Crippen LogP contribution in [0.1, 0.15) is 32.9 Å². The Morgan fingerprint density at radius 1 is 1.00 bits per heavy atom. The summed E-state index contributed by atoms with van der Waals surface area (Å²) in [6.45, 7) is 6.37. The molecule has 0 amide bonds. The summed E-state index contributed by atoms with van der Waals surface area (Å²) in [4.78, 5) is 4.33. The molecule has 1 aromatic heterocycles. The lowest BCUT2D eigenvalue weighted by Crippen LogP contribution is -1.85.